The molecule has 138 valence electrons. The Bertz CT molecular complexity index is 488. The van der Waals surface area contributed by atoms with Crippen molar-refractivity contribution < 1.29 is 0 Å². The number of nitrogens with zero attached hydrogens (tertiary/aromatic N) is 5. The van der Waals surface area contributed by atoms with Gasteiger partial charge in [-0.05, 0) is 24.9 Å². The molecule has 0 spiro atoms. The monoisotopic (exact) mass is 484 g/mol. The molecule has 0 radical (unpaired) electrons. The number of rotatable bonds is 7. The number of unbranched alkanes of at least 4 members (excludes halogenated alkanes) is 1. The summed E-state index contributed by atoms with van der Waals surface area (Å²) in [5.41, 5.74) is 0. The number of piperazine rings is 1. The second-order valence-electron chi connectivity index (χ2n) is 5.49. The number of aryl methyl sites for hydroxylation is 1. The maximum Gasteiger partial charge on any atom is 0.205 e. The summed E-state index contributed by atoms with van der Waals surface area (Å²) < 4.78 is 4.38. The van der Waals surface area contributed by atoms with Gasteiger partial charge in [0.05, 0.1) is 0 Å². The molecule has 1 aromatic rings. The van der Waals surface area contributed by atoms with E-state index in [1.54, 1.807) is 0 Å². The molecule has 0 saturated carbocycles. The van der Waals surface area contributed by atoms with Crippen molar-refractivity contribution in [1.29, 1.82) is 0 Å². The lowest BCUT2D eigenvalue weighted by Crippen LogP contribution is -2.52. The standard InChI is InChI=1S/C15H28N6S2.HI/c1-4-13-18-15(23-19-13)21-10-8-20(9-11-21)14(16-2)17-7-5-6-12-22-3;/h4-12H2,1-3H3,(H,16,17);1H. The lowest BCUT2D eigenvalue weighted by molar-refractivity contribution is 0.372. The first-order valence-corrected chi connectivity index (χ1v) is 10.5. The Labute approximate surface area is 171 Å². The molecular weight excluding hydrogens is 455 g/mol. The van der Waals surface area contributed by atoms with Crippen molar-refractivity contribution in [3.63, 3.8) is 0 Å². The molecule has 0 aromatic carbocycles. The van der Waals surface area contributed by atoms with E-state index in [-0.39, 0.29) is 24.0 Å². The van der Waals surface area contributed by atoms with Gasteiger partial charge in [-0.2, -0.15) is 16.1 Å². The van der Waals surface area contributed by atoms with Gasteiger partial charge in [-0.1, -0.05) is 6.92 Å². The predicted octanol–water partition coefficient (Wildman–Crippen LogP) is 2.56. The lowest BCUT2D eigenvalue weighted by Gasteiger charge is -2.36. The van der Waals surface area contributed by atoms with E-state index < -0.39 is 0 Å². The molecule has 24 heavy (non-hydrogen) atoms. The largest absolute Gasteiger partial charge is 0.356 e. The summed E-state index contributed by atoms with van der Waals surface area (Å²) >= 11 is 3.43. The fraction of sp³-hybridized carbons (Fsp3) is 0.800. The molecule has 1 aliphatic rings. The van der Waals surface area contributed by atoms with E-state index in [0.29, 0.717) is 0 Å². The summed E-state index contributed by atoms with van der Waals surface area (Å²) in [4.78, 5) is 13.7. The number of hydrogen-bond acceptors (Lipinski definition) is 6. The number of nitrogens with one attached hydrogen (secondary N) is 1. The number of thioether (sulfide) groups is 1. The Balaban J connectivity index is 0.00000288. The highest BCUT2D eigenvalue weighted by molar-refractivity contribution is 14.0. The van der Waals surface area contributed by atoms with Crippen molar-refractivity contribution in [2.45, 2.75) is 26.2 Å². The van der Waals surface area contributed by atoms with Crippen LogP contribution in [0.2, 0.25) is 0 Å². The summed E-state index contributed by atoms with van der Waals surface area (Å²) in [6.45, 7) is 7.01. The van der Waals surface area contributed by atoms with Crippen LogP contribution < -0.4 is 10.2 Å². The third-order valence-electron chi connectivity index (χ3n) is 3.89. The van der Waals surface area contributed by atoms with Crippen molar-refractivity contribution in [3.05, 3.63) is 5.82 Å². The molecule has 0 bridgehead atoms. The molecule has 1 fully saturated rings. The van der Waals surface area contributed by atoms with Gasteiger partial charge in [-0.3, -0.25) is 4.99 Å². The third-order valence-corrected chi connectivity index (χ3v) is 5.41. The van der Waals surface area contributed by atoms with Gasteiger partial charge >= 0.3 is 0 Å². The number of hydrogen-bond donors (Lipinski definition) is 1. The first-order valence-electron chi connectivity index (χ1n) is 8.30. The van der Waals surface area contributed by atoms with E-state index in [4.69, 9.17) is 0 Å². The van der Waals surface area contributed by atoms with Crippen LogP contribution in [0.4, 0.5) is 5.13 Å². The average Bonchev–Trinajstić information content (AvgIpc) is 3.08. The molecule has 2 heterocycles. The SMILES string of the molecule is CCc1nsc(N2CCN(C(=NC)NCCCCSC)CC2)n1.I. The molecule has 1 saturated heterocycles. The fourth-order valence-corrected chi connectivity index (χ4v) is 3.82. The van der Waals surface area contributed by atoms with Crippen LogP contribution in [-0.2, 0) is 6.42 Å². The Morgan fingerprint density at radius 3 is 2.62 bits per heavy atom. The molecule has 0 unspecified atom stereocenters. The molecule has 9 heteroatoms. The molecule has 1 N–H and O–H groups in total. The van der Waals surface area contributed by atoms with Crippen LogP contribution in [0, 0.1) is 0 Å². The lowest BCUT2D eigenvalue weighted by atomic mass is 10.3. The summed E-state index contributed by atoms with van der Waals surface area (Å²) in [6.07, 6.45) is 5.52. The van der Waals surface area contributed by atoms with Crippen LogP contribution in [0.1, 0.15) is 25.6 Å². The molecule has 0 aliphatic carbocycles. The number of guanidine groups is 1. The van der Waals surface area contributed by atoms with Gasteiger partial charge in [0.2, 0.25) is 5.13 Å². The molecule has 6 nitrogen and oxygen atoms in total. The second kappa shape index (κ2) is 12.1. The molecule has 1 aromatic heterocycles. The van der Waals surface area contributed by atoms with Gasteiger partial charge in [-0.15, -0.1) is 24.0 Å². The second-order valence-corrected chi connectivity index (χ2v) is 7.21. The molecule has 1 aliphatic heterocycles. The average molecular weight is 484 g/mol. The first kappa shape index (κ1) is 21.8. The van der Waals surface area contributed by atoms with E-state index in [2.05, 4.69) is 42.6 Å². The number of aliphatic imine (C=N–C) groups is 1. The highest BCUT2D eigenvalue weighted by atomic mass is 127. The van der Waals surface area contributed by atoms with Crippen molar-refractivity contribution >= 4 is 58.4 Å². The van der Waals surface area contributed by atoms with Crippen LogP contribution in [0.15, 0.2) is 4.99 Å². The van der Waals surface area contributed by atoms with E-state index in [1.165, 1.54) is 30.1 Å². The quantitative estimate of drug-likeness (QED) is 0.278. The van der Waals surface area contributed by atoms with Crippen LogP contribution in [0.5, 0.6) is 0 Å². The maximum absolute atomic E-state index is 4.59. The van der Waals surface area contributed by atoms with Crippen LogP contribution >= 0.6 is 47.3 Å². The first-order chi connectivity index (χ1) is 11.3. The Hall–Kier alpha value is -0.290. The van der Waals surface area contributed by atoms with Gasteiger partial charge < -0.3 is 15.1 Å². The van der Waals surface area contributed by atoms with Gasteiger partial charge in [0, 0.05) is 57.7 Å². The number of aromatic nitrogens is 2. The van der Waals surface area contributed by atoms with Gasteiger partial charge in [0.15, 0.2) is 5.96 Å². The third kappa shape index (κ3) is 6.55. The van der Waals surface area contributed by atoms with Gasteiger partial charge in [0.25, 0.3) is 0 Å². The van der Waals surface area contributed by atoms with E-state index in [1.807, 2.05) is 18.8 Å². The van der Waals surface area contributed by atoms with Gasteiger partial charge in [0.1, 0.15) is 5.82 Å². The van der Waals surface area contributed by atoms with E-state index >= 15 is 0 Å². The number of anilines is 1. The molecule has 0 amide bonds. The minimum absolute atomic E-state index is 0. The predicted molar refractivity (Wildman–Crippen MR) is 117 cm³/mol. The maximum atomic E-state index is 4.59. The van der Waals surface area contributed by atoms with Crippen molar-refractivity contribution in [1.82, 2.24) is 19.6 Å². The highest BCUT2D eigenvalue weighted by Crippen LogP contribution is 2.19. The summed E-state index contributed by atoms with van der Waals surface area (Å²) in [5, 5.41) is 4.55. The zero-order valence-electron chi connectivity index (χ0n) is 14.8. The highest BCUT2D eigenvalue weighted by Gasteiger charge is 2.21. The summed E-state index contributed by atoms with van der Waals surface area (Å²) in [7, 11) is 1.87. The topological polar surface area (TPSA) is 56.7 Å². The molecule has 2 rings (SSSR count). The Kier molecular flexibility index (Phi) is 11.0. The van der Waals surface area contributed by atoms with Crippen molar-refractivity contribution in [2.24, 2.45) is 4.99 Å². The summed E-state index contributed by atoms with van der Waals surface area (Å²) in [6, 6.07) is 0. The van der Waals surface area contributed by atoms with E-state index in [0.717, 1.165) is 56.1 Å². The minimum Gasteiger partial charge on any atom is -0.356 e. The zero-order chi connectivity index (χ0) is 16.5. The van der Waals surface area contributed by atoms with Crippen molar-refractivity contribution in [2.75, 3.05) is 56.7 Å². The molecule has 0 atom stereocenters. The molecular formula is C15H29IN6S2. The Morgan fingerprint density at radius 1 is 1.29 bits per heavy atom. The fourth-order valence-electron chi connectivity index (χ4n) is 2.53. The summed E-state index contributed by atoms with van der Waals surface area (Å²) in [5.74, 6) is 3.22. The van der Waals surface area contributed by atoms with E-state index in [9.17, 15) is 0 Å². The van der Waals surface area contributed by atoms with Gasteiger partial charge in [-0.25, -0.2) is 4.98 Å². The van der Waals surface area contributed by atoms with Crippen LogP contribution in [-0.4, -0.2) is 72.0 Å². The van der Waals surface area contributed by atoms with Crippen molar-refractivity contribution in [3.8, 4) is 0 Å². The minimum atomic E-state index is 0. The Morgan fingerprint density at radius 2 is 2.04 bits per heavy atom. The van der Waals surface area contributed by atoms with Crippen LogP contribution in [0.3, 0.4) is 0 Å². The zero-order valence-corrected chi connectivity index (χ0v) is 18.8. The smallest absolute Gasteiger partial charge is 0.205 e. The normalized spacial score (nSPS) is 15.4. The van der Waals surface area contributed by atoms with Crippen LogP contribution in [0.25, 0.3) is 0 Å². The number of halogens is 1.